The summed E-state index contributed by atoms with van der Waals surface area (Å²) < 4.78 is 36.4. The molecule has 0 aromatic heterocycles. The molecule has 1 aromatic carbocycles. The maximum Gasteiger partial charge on any atom is 0.457 e. The number of benzene rings is 1. The molecule has 1 saturated heterocycles. The van der Waals surface area contributed by atoms with E-state index < -0.39 is 12.3 Å². The summed E-state index contributed by atoms with van der Waals surface area (Å²) in [6.07, 6.45) is -3.72. The molecule has 1 unspecified atom stereocenters. The molecule has 1 N–H and O–H groups in total. The number of likely N-dealkylation sites (tertiary alicyclic amines) is 1. The predicted octanol–water partition coefficient (Wildman–Crippen LogP) is 2.37. The smallest absolute Gasteiger partial charge is 0.297 e. The average Bonchev–Trinajstić information content (AvgIpc) is 2.64. The number of hydrogen-bond donors (Lipinski definition) is 1. The van der Waals surface area contributed by atoms with E-state index in [4.69, 9.17) is 0 Å². The van der Waals surface area contributed by atoms with Gasteiger partial charge in [-0.1, -0.05) is 30.3 Å². The molecule has 0 spiro atoms. The largest absolute Gasteiger partial charge is 0.457 e. The second-order valence-electron chi connectivity index (χ2n) is 4.35. The van der Waals surface area contributed by atoms with Crippen LogP contribution in [0.1, 0.15) is 12.0 Å². The minimum atomic E-state index is -4.27. The van der Waals surface area contributed by atoms with Gasteiger partial charge in [0.15, 0.2) is 0 Å². The second-order valence-corrected chi connectivity index (χ2v) is 4.35. The first kappa shape index (κ1) is 12.4. The Bertz CT molecular complexity index is 351. The van der Waals surface area contributed by atoms with Crippen molar-refractivity contribution in [3.63, 3.8) is 0 Å². The van der Waals surface area contributed by atoms with E-state index >= 15 is 0 Å². The van der Waals surface area contributed by atoms with Crippen LogP contribution in [-0.2, 0) is 6.54 Å². The highest BCUT2D eigenvalue weighted by Crippen LogP contribution is 2.18. The fraction of sp³-hybridized carbons (Fsp3) is 0.500. The molecule has 1 aromatic rings. The molecule has 0 radical (unpaired) electrons. The Morgan fingerprint density at radius 2 is 1.94 bits per heavy atom. The summed E-state index contributed by atoms with van der Waals surface area (Å²) in [5, 5.41) is 1.69. The molecule has 1 aliphatic heterocycles. The Labute approximate surface area is 98.4 Å². The van der Waals surface area contributed by atoms with E-state index in [9.17, 15) is 13.2 Å². The Morgan fingerprint density at radius 1 is 1.24 bits per heavy atom. The number of nitrogens with zero attached hydrogens (tertiary/aromatic N) is 1. The zero-order chi connectivity index (χ0) is 12.3. The van der Waals surface area contributed by atoms with E-state index in [1.54, 1.807) is 5.32 Å². The van der Waals surface area contributed by atoms with Crippen molar-refractivity contribution in [1.29, 1.82) is 0 Å². The predicted molar refractivity (Wildman–Crippen MR) is 59.3 cm³/mol. The Kier molecular flexibility index (Phi) is 3.69. The molecular weight excluding hydrogens is 229 g/mol. The van der Waals surface area contributed by atoms with Crippen LogP contribution < -0.4 is 5.32 Å². The van der Waals surface area contributed by atoms with Crippen LogP contribution in [0, 0.1) is 0 Å². The van der Waals surface area contributed by atoms with E-state index in [1.807, 2.05) is 35.2 Å². The van der Waals surface area contributed by atoms with Gasteiger partial charge in [0, 0.05) is 25.7 Å². The molecule has 2 rings (SSSR count). The fourth-order valence-electron chi connectivity index (χ4n) is 2.17. The molecule has 0 bridgehead atoms. The van der Waals surface area contributed by atoms with Crippen molar-refractivity contribution in [2.75, 3.05) is 13.1 Å². The first-order valence-electron chi connectivity index (χ1n) is 5.64. The third kappa shape index (κ3) is 4.02. The van der Waals surface area contributed by atoms with Crippen molar-refractivity contribution in [3.8, 4) is 0 Å². The van der Waals surface area contributed by atoms with Gasteiger partial charge in [0.05, 0.1) is 0 Å². The zero-order valence-corrected chi connectivity index (χ0v) is 9.37. The second kappa shape index (κ2) is 5.06. The zero-order valence-electron chi connectivity index (χ0n) is 9.37. The molecule has 1 fully saturated rings. The van der Waals surface area contributed by atoms with Crippen LogP contribution in [-0.4, -0.2) is 30.3 Å². The first-order chi connectivity index (χ1) is 8.03. The summed E-state index contributed by atoms with van der Waals surface area (Å²) in [4.78, 5) is 2.04. The minimum Gasteiger partial charge on any atom is -0.297 e. The SMILES string of the molecule is FC(F)(F)NC1CCN(Cc2ccccc2)C1. The van der Waals surface area contributed by atoms with Gasteiger partial charge in [0.2, 0.25) is 0 Å². The molecule has 94 valence electrons. The lowest BCUT2D eigenvalue weighted by atomic mass is 10.2. The maximum absolute atomic E-state index is 12.1. The van der Waals surface area contributed by atoms with E-state index in [-0.39, 0.29) is 0 Å². The van der Waals surface area contributed by atoms with Gasteiger partial charge in [0.1, 0.15) is 0 Å². The van der Waals surface area contributed by atoms with Gasteiger partial charge in [-0.3, -0.25) is 4.90 Å². The normalized spacial score (nSPS) is 21.9. The van der Waals surface area contributed by atoms with E-state index in [1.165, 1.54) is 0 Å². The van der Waals surface area contributed by atoms with Crippen molar-refractivity contribution in [1.82, 2.24) is 10.2 Å². The molecule has 5 heteroatoms. The van der Waals surface area contributed by atoms with Crippen molar-refractivity contribution >= 4 is 0 Å². The van der Waals surface area contributed by atoms with Gasteiger partial charge >= 0.3 is 6.30 Å². The highest BCUT2D eigenvalue weighted by atomic mass is 19.4. The van der Waals surface area contributed by atoms with Crippen LogP contribution in [0.5, 0.6) is 0 Å². The summed E-state index contributed by atoms with van der Waals surface area (Å²) in [5.41, 5.74) is 1.14. The van der Waals surface area contributed by atoms with Crippen molar-refractivity contribution < 1.29 is 13.2 Å². The lowest BCUT2D eigenvalue weighted by Crippen LogP contribution is -2.42. The minimum absolute atomic E-state index is 0.453. The van der Waals surface area contributed by atoms with Crippen molar-refractivity contribution in [2.45, 2.75) is 25.3 Å². The molecule has 1 atom stereocenters. The summed E-state index contributed by atoms with van der Waals surface area (Å²) in [6, 6.07) is 9.32. The van der Waals surface area contributed by atoms with Gasteiger partial charge in [-0.15, -0.1) is 0 Å². The lowest BCUT2D eigenvalue weighted by molar-refractivity contribution is -0.163. The van der Waals surface area contributed by atoms with Gasteiger partial charge in [0.25, 0.3) is 0 Å². The monoisotopic (exact) mass is 244 g/mol. The first-order valence-corrected chi connectivity index (χ1v) is 5.64. The van der Waals surface area contributed by atoms with Crippen LogP contribution >= 0.6 is 0 Å². The highest BCUT2D eigenvalue weighted by molar-refractivity contribution is 5.14. The fourth-order valence-corrected chi connectivity index (χ4v) is 2.17. The summed E-state index contributed by atoms with van der Waals surface area (Å²) >= 11 is 0. The number of rotatable bonds is 3. The molecule has 1 aliphatic rings. The summed E-state index contributed by atoms with van der Waals surface area (Å²) in [6.45, 7) is 1.88. The average molecular weight is 244 g/mol. The number of alkyl halides is 3. The Morgan fingerprint density at radius 3 is 2.59 bits per heavy atom. The highest BCUT2D eigenvalue weighted by Gasteiger charge is 2.34. The van der Waals surface area contributed by atoms with Crippen molar-refractivity contribution in [3.05, 3.63) is 35.9 Å². The van der Waals surface area contributed by atoms with E-state index in [0.29, 0.717) is 19.5 Å². The van der Waals surface area contributed by atoms with Gasteiger partial charge in [-0.25, -0.2) is 5.32 Å². The van der Waals surface area contributed by atoms with Gasteiger partial charge in [-0.2, -0.15) is 13.2 Å². The molecule has 17 heavy (non-hydrogen) atoms. The number of nitrogens with one attached hydrogen (secondary N) is 1. The molecule has 0 aliphatic carbocycles. The molecule has 0 amide bonds. The summed E-state index contributed by atoms with van der Waals surface area (Å²) in [5.74, 6) is 0. The number of hydrogen-bond acceptors (Lipinski definition) is 2. The molecule has 0 saturated carbocycles. The van der Waals surface area contributed by atoms with Crippen LogP contribution in [0.25, 0.3) is 0 Å². The molecular formula is C12H15F3N2. The third-order valence-corrected chi connectivity index (χ3v) is 2.89. The summed E-state index contributed by atoms with van der Waals surface area (Å²) in [7, 11) is 0. The Balaban J connectivity index is 1.82. The van der Waals surface area contributed by atoms with Crippen LogP contribution in [0.15, 0.2) is 30.3 Å². The lowest BCUT2D eigenvalue weighted by Gasteiger charge is -2.17. The molecule has 1 heterocycles. The number of halogens is 3. The van der Waals surface area contributed by atoms with E-state index in [2.05, 4.69) is 0 Å². The van der Waals surface area contributed by atoms with Crippen LogP contribution in [0.4, 0.5) is 13.2 Å². The van der Waals surface area contributed by atoms with Crippen LogP contribution in [0.2, 0.25) is 0 Å². The van der Waals surface area contributed by atoms with Crippen LogP contribution in [0.3, 0.4) is 0 Å². The topological polar surface area (TPSA) is 15.3 Å². The van der Waals surface area contributed by atoms with Gasteiger partial charge in [-0.05, 0) is 12.0 Å². The Hall–Kier alpha value is -1.07. The van der Waals surface area contributed by atoms with Gasteiger partial charge < -0.3 is 0 Å². The maximum atomic E-state index is 12.1. The molecule has 2 nitrogen and oxygen atoms in total. The quantitative estimate of drug-likeness (QED) is 0.821. The standard InChI is InChI=1S/C12H15F3N2/c13-12(14,15)16-11-6-7-17(9-11)8-10-4-2-1-3-5-10/h1-5,11,16H,6-9H2. The van der Waals surface area contributed by atoms with E-state index in [0.717, 1.165) is 12.1 Å². The van der Waals surface area contributed by atoms with Crippen molar-refractivity contribution in [2.24, 2.45) is 0 Å². The third-order valence-electron chi connectivity index (χ3n) is 2.89.